The molecule has 3 rings (SSSR count). The highest BCUT2D eigenvalue weighted by Crippen LogP contribution is 2.11. The fourth-order valence-corrected chi connectivity index (χ4v) is 3.07. The molecule has 0 atom stereocenters. The van der Waals surface area contributed by atoms with Crippen molar-refractivity contribution < 1.29 is 0 Å². The highest BCUT2D eigenvalue weighted by Gasteiger charge is 2.01. The van der Waals surface area contributed by atoms with E-state index in [2.05, 4.69) is 58.0 Å². The summed E-state index contributed by atoms with van der Waals surface area (Å²) in [5.41, 5.74) is 3.54. The lowest BCUT2D eigenvalue weighted by molar-refractivity contribution is 0.684. The first kappa shape index (κ1) is 23.2. The van der Waals surface area contributed by atoms with Crippen LogP contribution in [0.15, 0.2) is 66.2 Å². The van der Waals surface area contributed by atoms with Gasteiger partial charge in [-0.25, -0.2) is 14.7 Å². The molecule has 0 amide bonds. The third-order valence-electron chi connectivity index (χ3n) is 4.16. The first-order valence-electron chi connectivity index (χ1n) is 9.40. The van der Waals surface area contributed by atoms with Crippen molar-refractivity contribution in [2.24, 2.45) is 4.99 Å². The summed E-state index contributed by atoms with van der Waals surface area (Å²) in [4.78, 5) is 8.69. The summed E-state index contributed by atoms with van der Waals surface area (Å²) in [5, 5.41) is 11.6. The molecule has 0 unspecified atom stereocenters. The third-order valence-corrected chi connectivity index (χ3v) is 4.40. The molecule has 2 N–H and O–H groups in total. The second-order valence-corrected chi connectivity index (χ2v) is 6.85. The number of guanidine groups is 1. The van der Waals surface area contributed by atoms with E-state index >= 15 is 0 Å². The van der Waals surface area contributed by atoms with Crippen LogP contribution in [-0.2, 0) is 19.5 Å². The molecule has 0 fully saturated rings. The van der Waals surface area contributed by atoms with E-state index in [1.165, 1.54) is 11.1 Å². The van der Waals surface area contributed by atoms with Crippen molar-refractivity contribution in [1.82, 2.24) is 25.4 Å². The number of hydrogen-bond acceptors (Lipinski definition) is 3. The normalized spacial score (nSPS) is 11.0. The Morgan fingerprint density at radius 2 is 1.86 bits per heavy atom. The van der Waals surface area contributed by atoms with Crippen LogP contribution in [-0.4, -0.2) is 33.8 Å². The van der Waals surface area contributed by atoms with Crippen molar-refractivity contribution in [2.75, 3.05) is 13.1 Å². The molecule has 8 heteroatoms. The summed E-state index contributed by atoms with van der Waals surface area (Å²) in [5.74, 6) is 0.811. The van der Waals surface area contributed by atoms with Gasteiger partial charge in [-0.3, -0.25) is 0 Å². The molecule has 1 heterocycles. The maximum atomic E-state index is 6.05. The zero-order valence-electron chi connectivity index (χ0n) is 16.4. The van der Waals surface area contributed by atoms with Crippen LogP contribution in [0.25, 0.3) is 0 Å². The summed E-state index contributed by atoms with van der Waals surface area (Å²) in [6.45, 7) is 4.98. The van der Waals surface area contributed by atoms with Crippen LogP contribution in [0.4, 0.5) is 0 Å². The van der Waals surface area contributed by atoms with E-state index < -0.39 is 0 Å². The van der Waals surface area contributed by atoms with Crippen molar-refractivity contribution in [2.45, 2.75) is 26.4 Å². The summed E-state index contributed by atoms with van der Waals surface area (Å²) in [6, 6.07) is 16.3. The molecule has 0 aliphatic heterocycles. The quantitative estimate of drug-likeness (QED) is 0.267. The van der Waals surface area contributed by atoms with Gasteiger partial charge in [0.1, 0.15) is 12.7 Å². The maximum Gasteiger partial charge on any atom is 0.191 e. The Morgan fingerprint density at radius 3 is 2.62 bits per heavy atom. The van der Waals surface area contributed by atoms with E-state index in [1.807, 2.05) is 22.9 Å². The monoisotopic (exact) mass is 524 g/mol. The van der Waals surface area contributed by atoms with Gasteiger partial charge in [0.05, 0.1) is 13.1 Å². The van der Waals surface area contributed by atoms with E-state index in [4.69, 9.17) is 16.6 Å². The molecule has 1 aromatic heterocycles. The van der Waals surface area contributed by atoms with Gasteiger partial charge in [0, 0.05) is 18.1 Å². The van der Waals surface area contributed by atoms with Gasteiger partial charge in [-0.1, -0.05) is 48.0 Å². The standard InChI is InChI=1S/C21H25ClN6.HI/c1-2-24-21(25-10-9-17-5-4-8-20(22)12-17)26-13-18-6-3-7-19(11-18)14-28-16-23-15-27-28;/h3-8,11-12,15-16H,2,9-10,13-14H2,1H3,(H2,24,25,26);1H. The highest BCUT2D eigenvalue weighted by atomic mass is 127. The number of aromatic nitrogens is 3. The van der Waals surface area contributed by atoms with Crippen molar-refractivity contribution in [3.63, 3.8) is 0 Å². The number of benzene rings is 2. The van der Waals surface area contributed by atoms with Gasteiger partial charge in [-0.05, 0) is 42.2 Å². The van der Waals surface area contributed by atoms with Crippen LogP contribution < -0.4 is 10.6 Å². The van der Waals surface area contributed by atoms with Gasteiger partial charge in [-0.15, -0.1) is 24.0 Å². The van der Waals surface area contributed by atoms with E-state index in [9.17, 15) is 0 Å². The lowest BCUT2D eigenvalue weighted by Crippen LogP contribution is -2.38. The molecule has 3 aromatic rings. The summed E-state index contributed by atoms with van der Waals surface area (Å²) < 4.78 is 1.81. The zero-order chi connectivity index (χ0) is 19.6. The second-order valence-electron chi connectivity index (χ2n) is 6.41. The smallest absolute Gasteiger partial charge is 0.191 e. The molecule has 0 saturated heterocycles. The van der Waals surface area contributed by atoms with Crippen molar-refractivity contribution in [3.8, 4) is 0 Å². The van der Waals surface area contributed by atoms with E-state index in [0.717, 1.165) is 36.1 Å². The van der Waals surface area contributed by atoms with Gasteiger partial charge in [-0.2, -0.15) is 5.10 Å². The van der Waals surface area contributed by atoms with Gasteiger partial charge in [0.2, 0.25) is 0 Å². The SMILES string of the molecule is CCNC(=NCc1cccc(Cn2cncn2)c1)NCCc1cccc(Cl)c1.I. The molecule has 0 radical (unpaired) electrons. The molecule has 29 heavy (non-hydrogen) atoms. The van der Waals surface area contributed by atoms with Crippen LogP contribution in [0.3, 0.4) is 0 Å². The molecular weight excluding hydrogens is 499 g/mol. The zero-order valence-corrected chi connectivity index (χ0v) is 19.5. The Balaban J connectivity index is 0.00000300. The summed E-state index contributed by atoms with van der Waals surface area (Å²) >= 11 is 6.05. The predicted octanol–water partition coefficient (Wildman–Crippen LogP) is 3.90. The van der Waals surface area contributed by atoms with Crippen LogP contribution in [0.1, 0.15) is 23.6 Å². The van der Waals surface area contributed by atoms with Crippen molar-refractivity contribution in [3.05, 3.63) is 82.9 Å². The Labute approximate surface area is 193 Å². The number of rotatable bonds is 8. The Bertz CT molecular complexity index is 898. The number of aliphatic imine (C=N–C) groups is 1. The van der Waals surface area contributed by atoms with Gasteiger partial charge in [0.15, 0.2) is 5.96 Å². The highest BCUT2D eigenvalue weighted by molar-refractivity contribution is 14.0. The molecule has 0 bridgehead atoms. The molecule has 0 saturated carbocycles. The minimum absolute atomic E-state index is 0. The summed E-state index contributed by atoms with van der Waals surface area (Å²) in [7, 11) is 0. The van der Waals surface area contributed by atoms with Gasteiger partial charge in [0.25, 0.3) is 0 Å². The summed E-state index contributed by atoms with van der Waals surface area (Å²) in [6.07, 6.45) is 4.15. The van der Waals surface area contributed by atoms with E-state index in [-0.39, 0.29) is 24.0 Å². The lowest BCUT2D eigenvalue weighted by Gasteiger charge is -2.12. The first-order chi connectivity index (χ1) is 13.7. The molecule has 0 aliphatic carbocycles. The predicted molar refractivity (Wildman–Crippen MR) is 129 cm³/mol. The minimum Gasteiger partial charge on any atom is -0.357 e. The van der Waals surface area contributed by atoms with Crippen LogP contribution in [0.5, 0.6) is 0 Å². The Morgan fingerprint density at radius 1 is 1.07 bits per heavy atom. The Hall–Kier alpha value is -2.13. The van der Waals surface area contributed by atoms with Gasteiger partial charge >= 0.3 is 0 Å². The van der Waals surface area contributed by atoms with E-state index in [1.54, 1.807) is 12.7 Å². The fraction of sp³-hybridized carbons (Fsp3) is 0.286. The van der Waals surface area contributed by atoms with E-state index in [0.29, 0.717) is 13.1 Å². The second kappa shape index (κ2) is 12.4. The van der Waals surface area contributed by atoms with Crippen LogP contribution >= 0.6 is 35.6 Å². The number of hydrogen-bond donors (Lipinski definition) is 2. The largest absolute Gasteiger partial charge is 0.357 e. The topological polar surface area (TPSA) is 67.1 Å². The number of nitrogens with zero attached hydrogens (tertiary/aromatic N) is 4. The van der Waals surface area contributed by atoms with Crippen molar-refractivity contribution in [1.29, 1.82) is 0 Å². The molecule has 0 spiro atoms. The van der Waals surface area contributed by atoms with Gasteiger partial charge < -0.3 is 10.6 Å². The van der Waals surface area contributed by atoms with Crippen LogP contribution in [0.2, 0.25) is 5.02 Å². The average molecular weight is 525 g/mol. The first-order valence-corrected chi connectivity index (χ1v) is 9.77. The third kappa shape index (κ3) is 8.02. The maximum absolute atomic E-state index is 6.05. The number of nitrogens with one attached hydrogen (secondary N) is 2. The fourth-order valence-electron chi connectivity index (χ4n) is 2.86. The number of halogens is 2. The molecular formula is C21H26ClIN6. The Kier molecular flexibility index (Phi) is 9.93. The average Bonchev–Trinajstić information content (AvgIpc) is 3.19. The molecule has 0 aliphatic rings. The lowest BCUT2D eigenvalue weighted by atomic mass is 10.1. The molecule has 6 nitrogen and oxygen atoms in total. The minimum atomic E-state index is 0. The van der Waals surface area contributed by atoms with Crippen LogP contribution in [0, 0.1) is 0 Å². The molecule has 154 valence electrons. The van der Waals surface area contributed by atoms with Crippen molar-refractivity contribution >= 4 is 41.5 Å². The molecule has 2 aromatic carbocycles.